The lowest BCUT2D eigenvalue weighted by Gasteiger charge is -2.34. The number of halogens is 2. The Morgan fingerprint density at radius 2 is 2.04 bits per heavy atom. The maximum atomic E-state index is 12.9. The van der Waals surface area contributed by atoms with Crippen molar-refractivity contribution in [3.8, 4) is 6.07 Å². The number of hydrogen-bond acceptors (Lipinski definition) is 6. The molecule has 1 fully saturated rings. The topological polar surface area (TPSA) is 93.0 Å². The second kappa shape index (κ2) is 6.97. The first-order chi connectivity index (χ1) is 11.3. The van der Waals surface area contributed by atoms with E-state index in [9.17, 15) is 18.2 Å². The first-order valence-electron chi connectivity index (χ1n) is 7.55. The van der Waals surface area contributed by atoms with Gasteiger partial charge in [-0.3, -0.25) is 0 Å². The molecule has 1 aromatic rings. The Balaban J connectivity index is 2.46. The van der Waals surface area contributed by atoms with E-state index < -0.39 is 36.2 Å². The van der Waals surface area contributed by atoms with Crippen LogP contribution in [0.15, 0.2) is 9.85 Å². The third kappa shape index (κ3) is 4.37. The third-order valence-electron chi connectivity index (χ3n) is 4.01. The fraction of sp³-hybridized carbons (Fsp3) is 0.667. The van der Waals surface area contributed by atoms with Crippen LogP contribution < -0.4 is 4.72 Å². The van der Waals surface area contributed by atoms with Crippen LogP contribution in [-0.4, -0.2) is 28.2 Å². The highest BCUT2D eigenvalue weighted by molar-refractivity contribution is 9.11. The minimum Gasteiger partial charge on any atom is -0.598 e. The highest BCUT2D eigenvalue weighted by Gasteiger charge is 2.58. The van der Waals surface area contributed by atoms with Crippen molar-refractivity contribution >= 4 is 60.1 Å². The van der Waals surface area contributed by atoms with E-state index >= 15 is 0 Å². The zero-order valence-corrected chi connectivity index (χ0v) is 19.1. The SMILES string of the molecule is CC(C)(C)[S@@+]([O-])N[C@@](C)(CS(=O)(=O)C1(C#N)CC1)c1sc(Br)cc1Cl. The van der Waals surface area contributed by atoms with Crippen molar-refractivity contribution in [2.75, 3.05) is 5.75 Å². The molecule has 0 aromatic carbocycles. The van der Waals surface area contributed by atoms with Gasteiger partial charge < -0.3 is 4.55 Å². The van der Waals surface area contributed by atoms with Gasteiger partial charge in [0, 0.05) is 16.2 Å². The van der Waals surface area contributed by atoms with Gasteiger partial charge in [-0.2, -0.15) is 5.26 Å². The van der Waals surface area contributed by atoms with Crippen LogP contribution in [0.5, 0.6) is 0 Å². The highest BCUT2D eigenvalue weighted by Crippen LogP contribution is 2.47. The molecular formula is C15H20BrClN2O3S3. The zero-order chi connectivity index (χ0) is 19.3. The summed E-state index contributed by atoms with van der Waals surface area (Å²) in [5.74, 6) is -0.345. The molecule has 1 saturated carbocycles. The van der Waals surface area contributed by atoms with Crippen molar-refractivity contribution < 1.29 is 13.0 Å². The number of nitrogens with zero attached hydrogens (tertiary/aromatic N) is 1. The molecule has 0 amide bonds. The molecule has 1 N–H and O–H groups in total. The van der Waals surface area contributed by atoms with E-state index in [0.717, 1.165) is 3.79 Å². The van der Waals surface area contributed by atoms with Crippen LogP contribution in [0, 0.1) is 11.3 Å². The monoisotopic (exact) mass is 486 g/mol. The van der Waals surface area contributed by atoms with Crippen LogP contribution in [0.3, 0.4) is 0 Å². The Hall–Kier alpha value is 0.180. The van der Waals surface area contributed by atoms with Gasteiger partial charge >= 0.3 is 0 Å². The van der Waals surface area contributed by atoms with Gasteiger partial charge in [0.25, 0.3) is 0 Å². The molecule has 2 atom stereocenters. The molecular weight excluding hydrogens is 468 g/mol. The molecule has 0 bridgehead atoms. The summed E-state index contributed by atoms with van der Waals surface area (Å²) in [5.41, 5.74) is -1.17. The maximum absolute atomic E-state index is 12.9. The second-order valence-corrected chi connectivity index (χ2v) is 14.5. The Labute approximate surface area is 169 Å². The van der Waals surface area contributed by atoms with E-state index in [1.54, 1.807) is 33.8 Å². The smallest absolute Gasteiger partial charge is 0.171 e. The summed E-state index contributed by atoms with van der Waals surface area (Å²) in [5, 5.41) is 9.69. The van der Waals surface area contributed by atoms with Crippen molar-refractivity contribution in [1.29, 1.82) is 5.26 Å². The normalized spacial score (nSPS) is 20.6. The van der Waals surface area contributed by atoms with Crippen molar-refractivity contribution in [3.63, 3.8) is 0 Å². The summed E-state index contributed by atoms with van der Waals surface area (Å²) in [6.07, 6.45) is 0.679. The van der Waals surface area contributed by atoms with Crippen molar-refractivity contribution in [3.05, 3.63) is 19.8 Å². The summed E-state index contributed by atoms with van der Waals surface area (Å²) >= 11 is 9.44. The van der Waals surface area contributed by atoms with E-state index in [-0.39, 0.29) is 5.75 Å². The van der Waals surface area contributed by atoms with Crippen LogP contribution in [-0.2, 0) is 26.7 Å². The van der Waals surface area contributed by atoms with E-state index in [4.69, 9.17) is 11.6 Å². The lowest BCUT2D eigenvalue weighted by molar-refractivity contribution is 0.458. The number of nitriles is 1. The molecule has 0 saturated heterocycles. The van der Waals surface area contributed by atoms with Gasteiger partial charge in [-0.25, -0.2) is 8.42 Å². The van der Waals surface area contributed by atoms with Gasteiger partial charge in [0.2, 0.25) is 0 Å². The quantitative estimate of drug-likeness (QED) is 0.614. The summed E-state index contributed by atoms with van der Waals surface area (Å²) in [6.45, 7) is 7.07. The molecule has 2 rings (SSSR count). The fourth-order valence-electron chi connectivity index (χ4n) is 2.34. The number of hydrogen-bond donors (Lipinski definition) is 1. The molecule has 0 radical (unpaired) electrons. The Morgan fingerprint density at radius 1 is 1.48 bits per heavy atom. The first kappa shape index (κ1) is 21.5. The predicted octanol–water partition coefficient (Wildman–Crippen LogP) is 3.90. The molecule has 140 valence electrons. The predicted molar refractivity (Wildman–Crippen MR) is 107 cm³/mol. The van der Waals surface area contributed by atoms with Gasteiger partial charge in [-0.15, -0.1) is 16.1 Å². The lowest BCUT2D eigenvalue weighted by Crippen LogP contribution is -2.53. The Morgan fingerprint density at radius 3 is 2.40 bits per heavy atom. The summed E-state index contributed by atoms with van der Waals surface area (Å²) in [4.78, 5) is 0.580. The average molecular weight is 488 g/mol. The minimum atomic E-state index is -3.73. The van der Waals surface area contributed by atoms with Crippen LogP contribution in [0.2, 0.25) is 5.02 Å². The number of sulfone groups is 1. The van der Waals surface area contributed by atoms with E-state index in [0.29, 0.717) is 22.7 Å². The van der Waals surface area contributed by atoms with Gasteiger partial charge in [0.1, 0.15) is 10.3 Å². The largest absolute Gasteiger partial charge is 0.598 e. The van der Waals surface area contributed by atoms with Crippen molar-refractivity contribution in [2.45, 2.75) is 55.6 Å². The maximum Gasteiger partial charge on any atom is 0.171 e. The Bertz CT molecular complexity index is 809. The van der Waals surface area contributed by atoms with E-state index in [1.165, 1.54) is 11.3 Å². The van der Waals surface area contributed by atoms with Gasteiger partial charge in [-0.1, -0.05) is 11.6 Å². The average Bonchev–Trinajstić information content (AvgIpc) is 3.17. The molecule has 25 heavy (non-hydrogen) atoms. The van der Waals surface area contributed by atoms with Crippen molar-refractivity contribution in [2.24, 2.45) is 0 Å². The summed E-state index contributed by atoms with van der Waals surface area (Å²) in [7, 11) is -3.73. The molecule has 5 nitrogen and oxygen atoms in total. The van der Waals surface area contributed by atoms with Gasteiger partial charge in [-0.05, 0) is 62.5 Å². The molecule has 0 unspecified atom stereocenters. The van der Waals surface area contributed by atoms with E-state index in [1.807, 2.05) is 6.07 Å². The Kier molecular flexibility index (Phi) is 5.99. The lowest BCUT2D eigenvalue weighted by atomic mass is 10.1. The first-order valence-corrected chi connectivity index (χ1v) is 12.3. The molecule has 1 aliphatic carbocycles. The molecule has 0 aliphatic heterocycles. The molecule has 0 spiro atoms. The second-order valence-electron chi connectivity index (χ2n) is 7.41. The van der Waals surface area contributed by atoms with E-state index in [2.05, 4.69) is 20.7 Å². The van der Waals surface area contributed by atoms with Gasteiger partial charge in [0.05, 0.1) is 20.6 Å². The van der Waals surface area contributed by atoms with Gasteiger partial charge in [0.15, 0.2) is 14.6 Å². The third-order valence-corrected chi connectivity index (χ3v) is 10.7. The van der Waals surface area contributed by atoms with Crippen LogP contribution >= 0.6 is 38.9 Å². The van der Waals surface area contributed by atoms with Crippen molar-refractivity contribution in [1.82, 2.24) is 4.72 Å². The van der Waals surface area contributed by atoms with Crippen LogP contribution in [0.25, 0.3) is 0 Å². The highest BCUT2D eigenvalue weighted by atomic mass is 79.9. The zero-order valence-electron chi connectivity index (χ0n) is 14.4. The molecule has 1 heterocycles. The van der Waals surface area contributed by atoms with Crippen LogP contribution in [0.1, 0.15) is 45.4 Å². The fourth-order valence-corrected chi connectivity index (χ4v) is 7.81. The molecule has 1 aromatic heterocycles. The minimum absolute atomic E-state index is 0.339. The summed E-state index contributed by atoms with van der Waals surface area (Å²) < 4.78 is 40.2. The standard InChI is InChI=1S/C15H20BrClN2O3S3/c1-13(2,3)24(20)19-14(4,12-10(17)7-11(16)23-12)9-25(21,22)15(8-18)5-6-15/h7,19H,5-6,9H2,1-4H3/t14-,24+/m0/s1. The van der Waals surface area contributed by atoms with Crippen LogP contribution in [0.4, 0.5) is 0 Å². The number of rotatable bonds is 6. The summed E-state index contributed by atoms with van der Waals surface area (Å²) in [6, 6.07) is 3.63. The number of thiophene rings is 1. The molecule has 1 aliphatic rings. The molecule has 10 heteroatoms. The number of nitrogens with one attached hydrogen (secondary N) is 1.